The third-order valence-corrected chi connectivity index (χ3v) is 10.1. The molecule has 0 saturated carbocycles. The minimum atomic E-state index is -1.82. The van der Waals surface area contributed by atoms with Gasteiger partial charge in [0.1, 0.15) is 0 Å². The number of rotatable bonds is 10. The van der Waals surface area contributed by atoms with Gasteiger partial charge in [-0.3, -0.25) is 25.0 Å². The van der Waals surface area contributed by atoms with Gasteiger partial charge in [0.2, 0.25) is 0 Å². The van der Waals surface area contributed by atoms with Crippen molar-refractivity contribution < 1.29 is 19.1 Å². The van der Waals surface area contributed by atoms with Crippen molar-refractivity contribution in [2.24, 2.45) is 5.92 Å². The number of benzene rings is 3. The van der Waals surface area contributed by atoms with Crippen molar-refractivity contribution in [3.05, 3.63) is 91.5 Å². The molecule has 0 aliphatic heterocycles. The Bertz CT molecular complexity index is 1370. The molecule has 0 aromatic heterocycles. The highest BCUT2D eigenvalue weighted by Crippen LogP contribution is 2.41. The summed E-state index contributed by atoms with van der Waals surface area (Å²) in [5.74, 6) is -0.416. The third kappa shape index (κ3) is 6.69. The number of hydrogen-bond donors (Lipinski definition) is 1. The Morgan fingerprint density at radius 2 is 1.72 bits per heavy atom. The molecule has 1 N–H and O–H groups in total. The summed E-state index contributed by atoms with van der Waals surface area (Å²) in [4.78, 5) is 34.9. The fourth-order valence-corrected chi connectivity index (χ4v) is 8.27. The van der Waals surface area contributed by atoms with Crippen molar-refractivity contribution in [3.8, 4) is 0 Å². The number of nitro benzene ring substituents is 2. The van der Waals surface area contributed by atoms with Gasteiger partial charge >= 0.3 is 0 Å². The third-order valence-electron chi connectivity index (χ3n) is 7.41. The zero-order valence-corrected chi connectivity index (χ0v) is 23.8. The van der Waals surface area contributed by atoms with Gasteiger partial charge in [-0.05, 0) is 80.1 Å². The van der Waals surface area contributed by atoms with Crippen LogP contribution in [-0.2, 0) is 10.8 Å². The monoisotopic (exact) mass is 549 g/mol. The minimum absolute atomic E-state index is 0.0964. The first-order valence-corrected chi connectivity index (χ1v) is 16.5. The van der Waals surface area contributed by atoms with Crippen molar-refractivity contribution >= 4 is 36.4 Å². The lowest BCUT2D eigenvalue weighted by Crippen LogP contribution is -2.37. The summed E-state index contributed by atoms with van der Waals surface area (Å²) in [7, 11) is -1.82. The second-order valence-electron chi connectivity index (χ2n) is 11.2. The first-order chi connectivity index (χ1) is 18.4. The lowest BCUT2D eigenvalue weighted by atomic mass is 9.75. The van der Waals surface area contributed by atoms with E-state index < -0.39 is 35.4 Å². The normalized spacial score (nSPS) is 17.2. The fourth-order valence-electron chi connectivity index (χ4n) is 5.82. The molecule has 9 nitrogen and oxygen atoms in total. The number of nitro groups is 2. The molecule has 1 aliphatic rings. The second-order valence-corrected chi connectivity index (χ2v) is 15.4. The van der Waals surface area contributed by atoms with E-state index in [2.05, 4.69) is 50.5 Å². The Morgan fingerprint density at radius 3 is 2.36 bits per heavy atom. The van der Waals surface area contributed by atoms with Crippen molar-refractivity contribution in [2.75, 3.05) is 0 Å². The lowest BCUT2D eigenvalue weighted by molar-refractivity contribution is -0.394. The van der Waals surface area contributed by atoms with Gasteiger partial charge in [-0.25, -0.2) is 0 Å². The van der Waals surface area contributed by atoms with E-state index in [9.17, 15) is 25.0 Å². The molecule has 1 aliphatic carbocycles. The van der Waals surface area contributed by atoms with Crippen molar-refractivity contribution in [3.63, 3.8) is 0 Å². The summed E-state index contributed by atoms with van der Waals surface area (Å²) in [6.07, 6.45) is 3.82. The molecule has 0 saturated heterocycles. The summed E-state index contributed by atoms with van der Waals surface area (Å²) in [6, 6.07) is 16.0. The SMILES string of the molecule is CC(C)O[Si](C)(C)CCC[C@H]1CCc2ccc3ccccc3c2[C@H]1NC(=O)c1cc([N+](=O)[O-])cc([N+](=O)[O-])c1. The molecule has 39 heavy (non-hydrogen) atoms. The molecule has 3 aromatic rings. The first-order valence-electron chi connectivity index (χ1n) is 13.4. The number of carbonyl (C=O) groups excluding carboxylic acids is 1. The average Bonchev–Trinajstić information content (AvgIpc) is 2.88. The molecular formula is C29H35N3O6Si. The minimum Gasteiger partial charge on any atom is -0.415 e. The predicted octanol–water partition coefficient (Wildman–Crippen LogP) is 7.10. The number of aryl methyl sites for hydroxylation is 1. The summed E-state index contributed by atoms with van der Waals surface area (Å²) < 4.78 is 6.21. The predicted molar refractivity (Wildman–Crippen MR) is 153 cm³/mol. The van der Waals surface area contributed by atoms with E-state index in [1.54, 1.807) is 0 Å². The van der Waals surface area contributed by atoms with Gasteiger partial charge in [-0.15, -0.1) is 0 Å². The first kappa shape index (κ1) is 28.4. The fraction of sp³-hybridized carbons (Fsp3) is 0.414. The maximum absolute atomic E-state index is 13.5. The van der Waals surface area contributed by atoms with Crippen LogP contribution in [0.5, 0.6) is 0 Å². The van der Waals surface area contributed by atoms with Crippen LogP contribution in [0, 0.1) is 26.1 Å². The number of carbonyl (C=O) groups is 1. The number of hydrogen-bond acceptors (Lipinski definition) is 6. The van der Waals surface area contributed by atoms with Crippen LogP contribution in [0.4, 0.5) is 11.4 Å². The molecule has 0 spiro atoms. The Morgan fingerprint density at radius 1 is 1.05 bits per heavy atom. The van der Waals surface area contributed by atoms with Crippen LogP contribution in [0.2, 0.25) is 19.1 Å². The summed E-state index contributed by atoms with van der Waals surface area (Å²) in [5, 5.41) is 28.1. The quantitative estimate of drug-likeness (QED) is 0.163. The average molecular weight is 550 g/mol. The maximum Gasteiger partial charge on any atom is 0.277 e. The van der Waals surface area contributed by atoms with Crippen molar-refractivity contribution in [1.82, 2.24) is 5.32 Å². The van der Waals surface area contributed by atoms with Gasteiger partial charge < -0.3 is 9.74 Å². The van der Waals surface area contributed by atoms with E-state index >= 15 is 0 Å². The van der Waals surface area contributed by atoms with E-state index in [0.29, 0.717) is 0 Å². The van der Waals surface area contributed by atoms with Crippen LogP contribution in [0.15, 0.2) is 54.6 Å². The van der Waals surface area contributed by atoms with Crippen LogP contribution < -0.4 is 5.32 Å². The molecule has 0 heterocycles. The second kappa shape index (κ2) is 11.6. The molecule has 2 atom stereocenters. The highest BCUT2D eigenvalue weighted by atomic mass is 28.4. The molecule has 4 rings (SSSR count). The molecular weight excluding hydrogens is 514 g/mol. The summed E-state index contributed by atoms with van der Waals surface area (Å²) >= 11 is 0. The van der Waals surface area contributed by atoms with Gasteiger partial charge in [-0.2, -0.15) is 0 Å². The number of non-ortho nitro benzene ring substituents is 2. The zero-order chi connectivity index (χ0) is 28.3. The molecule has 0 unspecified atom stereocenters. The number of nitrogens with zero attached hydrogens (tertiary/aromatic N) is 2. The van der Waals surface area contributed by atoms with E-state index in [1.165, 1.54) is 0 Å². The van der Waals surface area contributed by atoms with Gasteiger partial charge in [0.25, 0.3) is 17.3 Å². The van der Waals surface area contributed by atoms with E-state index in [-0.39, 0.29) is 23.6 Å². The van der Waals surface area contributed by atoms with Gasteiger partial charge in [0, 0.05) is 18.2 Å². The summed E-state index contributed by atoms with van der Waals surface area (Å²) in [5.41, 5.74) is 1.15. The smallest absolute Gasteiger partial charge is 0.277 e. The maximum atomic E-state index is 13.5. The van der Waals surface area contributed by atoms with Crippen LogP contribution in [0.1, 0.15) is 60.6 Å². The molecule has 0 bridgehead atoms. The van der Waals surface area contributed by atoms with Crippen molar-refractivity contribution in [1.29, 1.82) is 0 Å². The number of nitrogens with one attached hydrogen (secondary N) is 1. The molecule has 1 amide bonds. The Balaban J connectivity index is 1.68. The summed E-state index contributed by atoms with van der Waals surface area (Å²) in [6.45, 7) is 8.57. The standard InChI is InChI=1S/C29H35N3O6Si/c1-19(2)38-39(3,4)15-7-9-22-14-13-21-12-11-20-8-5-6-10-26(20)27(21)28(22)30-29(33)23-16-24(31(34)35)18-25(17-23)32(36)37/h5-6,8,10-12,16-19,22,28H,7,9,13-15H2,1-4H3,(H,30,33)/t22-,28-/m0/s1. The molecule has 0 fully saturated rings. The molecule has 10 heteroatoms. The highest BCUT2D eigenvalue weighted by Gasteiger charge is 2.34. The largest absolute Gasteiger partial charge is 0.415 e. The molecule has 3 aromatic carbocycles. The number of fused-ring (bicyclic) bond motifs is 3. The van der Waals surface area contributed by atoms with Crippen LogP contribution >= 0.6 is 0 Å². The van der Waals surface area contributed by atoms with Crippen LogP contribution in [0.3, 0.4) is 0 Å². The van der Waals surface area contributed by atoms with E-state index in [1.807, 2.05) is 18.2 Å². The van der Waals surface area contributed by atoms with Crippen LogP contribution in [-0.4, -0.2) is 30.2 Å². The molecule has 0 radical (unpaired) electrons. The Hall–Kier alpha value is -3.63. The lowest BCUT2D eigenvalue weighted by Gasteiger charge is -2.36. The Labute approximate surface area is 229 Å². The van der Waals surface area contributed by atoms with E-state index in [4.69, 9.17) is 4.43 Å². The molecule has 206 valence electrons. The van der Waals surface area contributed by atoms with Gasteiger partial charge in [0.15, 0.2) is 8.32 Å². The van der Waals surface area contributed by atoms with Gasteiger partial charge in [-0.1, -0.05) is 42.8 Å². The highest BCUT2D eigenvalue weighted by molar-refractivity contribution is 6.71. The van der Waals surface area contributed by atoms with Crippen LogP contribution in [0.25, 0.3) is 10.8 Å². The van der Waals surface area contributed by atoms with E-state index in [0.717, 1.165) is 71.8 Å². The number of amides is 1. The van der Waals surface area contributed by atoms with Crippen molar-refractivity contribution in [2.45, 2.75) is 70.8 Å². The topological polar surface area (TPSA) is 125 Å². The zero-order valence-electron chi connectivity index (χ0n) is 22.8. The van der Waals surface area contributed by atoms with Gasteiger partial charge in [0.05, 0.1) is 27.5 Å². The Kier molecular flexibility index (Phi) is 8.46.